The van der Waals surface area contributed by atoms with Crippen LogP contribution in [-0.2, 0) is 6.61 Å². The van der Waals surface area contributed by atoms with Crippen LogP contribution in [-0.4, -0.2) is 13.1 Å². The third-order valence-corrected chi connectivity index (χ3v) is 3.32. The molecule has 3 nitrogen and oxygen atoms in total. The molecule has 0 spiro atoms. The summed E-state index contributed by atoms with van der Waals surface area (Å²) in [6.45, 7) is 2.28. The molecule has 2 heterocycles. The average Bonchev–Trinajstić information content (AvgIpc) is 3.10. The molecule has 0 saturated carbocycles. The van der Waals surface area contributed by atoms with Crippen LogP contribution in [0.2, 0.25) is 0 Å². The Morgan fingerprint density at radius 3 is 2.79 bits per heavy atom. The van der Waals surface area contributed by atoms with Crippen LogP contribution in [0.25, 0.3) is 0 Å². The Hall–Kier alpha value is -1.97. The predicted octanol–water partition coefficient (Wildman–Crippen LogP) is 3.60. The second kappa shape index (κ2) is 5.34. The number of hydrogen-bond acceptors (Lipinski definition) is 3. The van der Waals surface area contributed by atoms with Gasteiger partial charge in [-0.25, -0.2) is 4.39 Å². The normalized spacial score (nSPS) is 14.9. The fourth-order valence-corrected chi connectivity index (χ4v) is 2.36. The van der Waals surface area contributed by atoms with Crippen molar-refractivity contribution in [2.24, 2.45) is 0 Å². The van der Waals surface area contributed by atoms with Crippen molar-refractivity contribution in [2.75, 3.05) is 18.0 Å². The van der Waals surface area contributed by atoms with Crippen LogP contribution in [0.1, 0.15) is 18.6 Å². The lowest BCUT2D eigenvalue weighted by Gasteiger charge is -2.21. The Labute approximate surface area is 111 Å². The van der Waals surface area contributed by atoms with E-state index in [0.29, 0.717) is 12.4 Å². The number of furan rings is 1. The van der Waals surface area contributed by atoms with Gasteiger partial charge < -0.3 is 14.1 Å². The quantitative estimate of drug-likeness (QED) is 0.841. The Morgan fingerprint density at radius 2 is 2.05 bits per heavy atom. The van der Waals surface area contributed by atoms with E-state index < -0.39 is 0 Å². The molecule has 1 aromatic heterocycles. The fourth-order valence-electron chi connectivity index (χ4n) is 2.36. The van der Waals surface area contributed by atoms with E-state index in [2.05, 4.69) is 4.90 Å². The van der Waals surface area contributed by atoms with Gasteiger partial charge in [-0.3, -0.25) is 0 Å². The summed E-state index contributed by atoms with van der Waals surface area (Å²) in [6, 6.07) is 8.34. The van der Waals surface area contributed by atoms with E-state index in [0.717, 1.165) is 37.4 Å². The summed E-state index contributed by atoms with van der Waals surface area (Å²) in [5, 5.41) is 0. The lowest BCUT2D eigenvalue weighted by Crippen LogP contribution is -2.18. The second-order valence-electron chi connectivity index (χ2n) is 4.67. The minimum absolute atomic E-state index is 0.229. The molecule has 0 bridgehead atoms. The molecule has 0 unspecified atom stereocenters. The van der Waals surface area contributed by atoms with Gasteiger partial charge in [0.05, 0.1) is 12.0 Å². The topological polar surface area (TPSA) is 25.6 Å². The standard InChI is InChI=1S/C15H16FNO2/c16-12-5-6-15(19-11-13-4-3-9-18-13)14(10-12)17-7-1-2-8-17/h3-6,9-10H,1-2,7-8,11H2. The molecule has 2 aromatic rings. The first-order valence-electron chi connectivity index (χ1n) is 6.52. The van der Waals surface area contributed by atoms with Crippen molar-refractivity contribution in [1.29, 1.82) is 0 Å². The van der Waals surface area contributed by atoms with Crippen LogP contribution in [0.4, 0.5) is 10.1 Å². The van der Waals surface area contributed by atoms with Gasteiger partial charge in [0.2, 0.25) is 0 Å². The van der Waals surface area contributed by atoms with Gasteiger partial charge in [-0.05, 0) is 37.1 Å². The highest BCUT2D eigenvalue weighted by atomic mass is 19.1. The van der Waals surface area contributed by atoms with Gasteiger partial charge in [-0.15, -0.1) is 0 Å². The Bertz CT molecular complexity index is 533. The molecular weight excluding hydrogens is 245 g/mol. The fraction of sp³-hybridized carbons (Fsp3) is 0.333. The van der Waals surface area contributed by atoms with Crippen molar-refractivity contribution >= 4 is 5.69 Å². The molecular formula is C15H16FNO2. The van der Waals surface area contributed by atoms with E-state index in [9.17, 15) is 4.39 Å². The molecule has 19 heavy (non-hydrogen) atoms. The van der Waals surface area contributed by atoms with Crippen molar-refractivity contribution in [3.8, 4) is 5.75 Å². The molecule has 0 radical (unpaired) electrons. The van der Waals surface area contributed by atoms with Crippen LogP contribution in [0.15, 0.2) is 41.0 Å². The van der Waals surface area contributed by atoms with Gasteiger partial charge in [0.1, 0.15) is 23.9 Å². The SMILES string of the molecule is Fc1ccc(OCc2ccco2)c(N2CCCC2)c1. The van der Waals surface area contributed by atoms with Crippen molar-refractivity contribution in [3.63, 3.8) is 0 Å². The van der Waals surface area contributed by atoms with Crippen molar-refractivity contribution in [2.45, 2.75) is 19.4 Å². The Balaban J connectivity index is 1.79. The molecule has 0 N–H and O–H groups in total. The maximum Gasteiger partial charge on any atom is 0.146 e. The van der Waals surface area contributed by atoms with Crippen molar-refractivity contribution in [1.82, 2.24) is 0 Å². The molecule has 1 aliphatic rings. The third kappa shape index (κ3) is 2.72. The smallest absolute Gasteiger partial charge is 0.146 e. The monoisotopic (exact) mass is 261 g/mol. The molecule has 100 valence electrons. The zero-order valence-corrected chi connectivity index (χ0v) is 10.6. The maximum absolute atomic E-state index is 13.4. The predicted molar refractivity (Wildman–Crippen MR) is 70.9 cm³/mol. The molecule has 1 fully saturated rings. The number of rotatable bonds is 4. The lowest BCUT2D eigenvalue weighted by molar-refractivity contribution is 0.270. The van der Waals surface area contributed by atoms with E-state index in [1.807, 2.05) is 12.1 Å². The average molecular weight is 261 g/mol. The van der Waals surface area contributed by atoms with Gasteiger partial charge in [0, 0.05) is 19.2 Å². The Morgan fingerprint density at radius 1 is 1.21 bits per heavy atom. The lowest BCUT2D eigenvalue weighted by atomic mass is 10.2. The molecule has 1 saturated heterocycles. The molecule has 1 aliphatic heterocycles. The third-order valence-electron chi connectivity index (χ3n) is 3.32. The van der Waals surface area contributed by atoms with Crippen LogP contribution >= 0.6 is 0 Å². The number of anilines is 1. The highest BCUT2D eigenvalue weighted by molar-refractivity contribution is 5.59. The zero-order chi connectivity index (χ0) is 13.1. The van der Waals surface area contributed by atoms with Crippen LogP contribution in [0, 0.1) is 5.82 Å². The van der Waals surface area contributed by atoms with Gasteiger partial charge >= 0.3 is 0 Å². The Kier molecular flexibility index (Phi) is 3.40. The van der Waals surface area contributed by atoms with E-state index in [-0.39, 0.29) is 5.82 Å². The number of hydrogen-bond donors (Lipinski definition) is 0. The molecule has 4 heteroatoms. The van der Waals surface area contributed by atoms with E-state index in [1.165, 1.54) is 6.07 Å². The summed E-state index contributed by atoms with van der Waals surface area (Å²) in [6.07, 6.45) is 3.91. The molecule has 0 amide bonds. The molecule has 1 aromatic carbocycles. The number of benzene rings is 1. The number of halogens is 1. The highest BCUT2D eigenvalue weighted by Crippen LogP contribution is 2.32. The van der Waals surface area contributed by atoms with Crippen LogP contribution in [0.3, 0.4) is 0 Å². The van der Waals surface area contributed by atoms with Crippen molar-refractivity contribution in [3.05, 3.63) is 48.2 Å². The number of nitrogens with zero attached hydrogens (tertiary/aromatic N) is 1. The molecule has 0 aliphatic carbocycles. The van der Waals surface area contributed by atoms with Crippen LogP contribution < -0.4 is 9.64 Å². The summed E-state index contributed by atoms with van der Waals surface area (Å²) in [7, 11) is 0. The van der Waals surface area contributed by atoms with Gasteiger partial charge in [0.15, 0.2) is 0 Å². The largest absolute Gasteiger partial charge is 0.483 e. The summed E-state index contributed by atoms with van der Waals surface area (Å²) >= 11 is 0. The van der Waals surface area contributed by atoms with Gasteiger partial charge in [-0.2, -0.15) is 0 Å². The molecule has 0 atom stereocenters. The summed E-state index contributed by atoms with van der Waals surface area (Å²) in [5.74, 6) is 1.24. The summed E-state index contributed by atoms with van der Waals surface area (Å²) < 4.78 is 24.4. The van der Waals surface area contributed by atoms with Crippen molar-refractivity contribution < 1.29 is 13.5 Å². The first-order valence-corrected chi connectivity index (χ1v) is 6.52. The summed E-state index contributed by atoms with van der Waals surface area (Å²) in [5.41, 5.74) is 0.837. The molecule has 3 rings (SSSR count). The first-order chi connectivity index (χ1) is 9.33. The first kappa shape index (κ1) is 12.1. The van der Waals surface area contributed by atoms with Gasteiger partial charge in [0.25, 0.3) is 0 Å². The second-order valence-corrected chi connectivity index (χ2v) is 4.67. The highest BCUT2D eigenvalue weighted by Gasteiger charge is 2.17. The van der Waals surface area contributed by atoms with Crippen LogP contribution in [0.5, 0.6) is 5.75 Å². The minimum atomic E-state index is -0.229. The minimum Gasteiger partial charge on any atom is -0.483 e. The van der Waals surface area contributed by atoms with Gasteiger partial charge in [-0.1, -0.05) is 0 Å². The maximum atomic E-state index is 13.4. The van der Waals surface area contributed by atoms with E-state index >= 15 is 0 Å². The number of ether oxygens (including phenoxy) is 1. The zero-order valence-electron chi connectivity index (χ0n) is 10.6. The summed E-state index contributed by atoms with van der Waals surface area (Å²) in [4.78, 5) is 2.17. The van der Waals surface area contributed by atoms with E-state index in [4.69, 9.17) is 9.15 Å². The van der Waals surface area contributed by atoms with E-state index in [1.54, 1.807) is 18.4 Å².